The molecule has 2 aromatic rings. The molecule has 2 aromatic heterocycles. The molecule has 0 aliphatic heterocycles. The minimum absolute atomic E-state index is 0.591. The van der Waals surface area contributed by atoms with E-state index >= 15 is 0 Å². The fourth-order valence-electron chi connectivity index (χ4n) is 1.33. The minimum atomic E-state index is 0.591. The number of rotatable bonds is 7. The van der Waals surface area contributed by atoms with Crippen molar-refractivity contribution in [3.63, 3.8) is 0 Å². The van der Waals surface area contributed by atoms with Crippen LogP contribution < -0.4 is 10.1 Å². The van der Waals surface area contributed by atoms with Crippen LogP contribution in [0.25, 0.3) is 0 Å². The van der Waals surface area contributed by atoms with Crippen molar-refractivity contribution in [2.45, 2.75) is 11.6 Å². The third-order valence-electron chi connectivity index (χ3n) is 2.22. The Morgan fingerprint density at radius 1 is 1.21 bits per heavy atom. The Morgan fingerprint density at radius 2 is 2.05 bits per heavy atom. The van der Waals surface area contributed by atoms with Gasteiger partial charge < -0.3 is 10.1 Å². The second-order valence-electron chi connectivity index (χ2n) is 3.58. The van der Waals surface area contributed by atoms with E-state index in [2.05, 4.69) is 25.3 Å². The highest BCUT2D eigenvalue weighted by molar-refractivity contribution is 7.99. The van der Waals surface area contributed by atoms with Gasteiger partial charge in [0.05, 0.1) is 7.11 Å². The summed E-state index contributed by atoms with van der Waals surface area (Å²) in [7, 11) is 1.60. The molecular weight excluding hydrogens is 262 g/mol. The lowest BCUT2D eigenvalue weighted by Crippen LogP contribution is -2.05. The van der Waals surface area contributed by atoms with Crippen LogP contribution in [0.1, 0.15) is 6.42 Å². The van der Waals surface area contributed by atoms with E-state index in [9.17, 15) is 0 Å². The fraction of sp³-hybridized carbons (Fsp3) is 0.333. The van der Waals surface area contributed by atoms with Gasteiger partial charge in [-0.3, -0.25) is 0 Å². The van der Waals surface area contributed by atoms with E-state index in [0.717, 1.165) is 23.9 Å². The van der Waals surface area contributed by atoms with Gasteiger partial charge in [-0.25, -0.2) is 15.0 Å². The van der Waals surface area contributed by atoms with Crippen molar-refractivity contribution in [3.05, 3.63) is 30.7 Å². The normalized spacial score (nSPS) is 10.2. The van der Waals surface area contributed by atoms with Crippen molar-refractivity contribution >= 4 is 17.7 Å². The number of anilines is 1. The fourth-order valence-corrected chi connectivity index (χ4v) is 2.10. The van der Waals surface area contributed by atoms with E-state index in [1.54, 1.807) is 49.6 Å². The monoisotopic (exact) mass is 277 g/mol. The molecule has 19 heavy (non-hydrogen) atoms. The van der Waals surface area contributed by atoms with Gasteiger partial charge in [-0.15, -0.1) is 0 Å². The van der Waals surface area contributed by atoms with Gasteiger partial charge in [0.25, 0.3) is 0 Å². The molecule has 0 radical (unpaired) electrons. The molecule has 0 spiro atoms. The van der Waals surface area contributed by atoms with Crippen molar-refractivity contribution in [1.82, 2.24) is 19.9 Å². The van der Waals surface area contributed by atoms with E-state index in [0.29, 0.717) is 11.8 Å². The molecule has 0 saturated heterocycles. The summed E-state index contributed by atoms with van der Waals surface area (Å²) in [5.74, 6) is 2.17. The molecule has 0 amide bonds. The van der Waals surface area contributed by atoms with Gasteiger partial charge in [0.15, 0.2) is 5.16 Å². The molecule has 2 heterocycles. The number of hydrogen-bond acceptors (Lipinski definition) is 7. The number of aromatic nitrogens is 4. The van der Waals surface area contributed by atoms with Gasteiger partial charge in [-0.2, -0.15) is 4.98 Å². The van der Waals surface area contributed by atoms with Crippen molar-refractivity contribution in [3.8, 4) is 5.88 Å². The summed E-state index contributed by atoms with van der Waals surface area (Å²) < 4.78 is 5.05. The molecule has 1 N–H and O–H groups in total. The average molecular weight is 277 g/mol. The molecule has 100 valence electrons. The zero-order valence-electron chi connectivity index (χ0n) is 10.6. The van der Waals surface area contributed by atoms with Crippen molar-refractivity contribution in [2.75, 3.05) is 24.7 Å². The first-order valence-electron chi connectivity index (χ1n) is 5.89. The van der Waals surface area contributed by atoms with Crippen molar-refractivity contribution in [2.24, 2.45) is 0 Å². The number of methoxy groups -OCH3 is 1. The van der Waals surface area contributed by atoms with E-state index in [-0.39, 0.29) is 0 Å². The Bertz CT molecular complexity index is 496. The predicted octanol–water partition coefficient (Wildman–Crippen LogP) is 1.87. The summed E-state index contributed by atoms with van der Waals surface area (Å²) in [5, 5.41) is 3.88. The van der Waals surface area contributed by atoms with Crippen LogP contribution in [0.4, 0.5) is 5.95 Å². The maximum atomic E-state index is 5.05. The number of thioether (sulfide) groups is 1. The molecule has 0 aromatic carbocycles. The highest BCUT2D eigenvalue weighted by atomic mass is 32.2. The second kappa shape index (κ2) is 7.52. The maximum absolute atomic E-state index is 5.05. The number of hydrogen-bond donors (Lipinski definition) is 1. The molecule has 0 bridgehead atoms. The summed E-state index contributed by atoms with van der Waals surface area (Å²) in [5.41, 5.74) is 0. The molecule has 0 unspecified atom stereocenters. The van der Waals surface area contributed by atoms with Crippen LogP contribution >= 0.6 is 11.8 Å². The molecular formula is C12H15N5OS. The Morgan fingerprint density at radius 3 is 2.84 bits per heavy atom. The molecule has 0 aliphatic carbocycles. The molecule has 2 rings (SSSR count). The van der Waals surface area contributed by atoms with Gasteiger partial charge in [-0.05, 0) is 12.5 Å². The van der Waals surface area contributed by atoms with Gasteiger partial charge in [0.1, 0.15) is 0 Å². The molecule has 0 aliphatic rings. The van der Waals surface area contributed by atoms with Crippen LogP contribution in [0.15, 0.2) is 35.9 Å². The van der Waals surface area contributed by atoms with Crippen LogP contribution in [-0.2, 0) is 0 Å². The summed E-state index contributed by atoms with van der Waals surface area (Å²) in [6.07, 6.45) is 6.11. The summed E-state index contributed by atoms with van der Waals surface area (Å²) in [6, 6.07) is 3.53. The summed E-state index contributed by atoms with van der Waals surface area (Å²) in [4.78, 5) is 16.6. The highest BCUT2D eigenvalue weighted by Crippen LogP contribution is 2.16. The molecule has 6 nitrogen and oxygen atoms in total. The van der Waals surface area contributed by atoms with E-state index in [1.807, 2.05) is 0 Å². The summed E-state index contributed by atoms with van der Waals surface area (Å²) >= 11 is 1.60. The SMILES string of the molecule is COc1ccnc(SCCCNc2ncccn2)n1. The van der Waals surface area contributed by atoms with Crippen molar-refractivity contribution < 1.29 is 4.74 Å². The zero-order valence-corrected chi connectivity index (χ0v) is 11.4. The third-order valence-corrected chi connectivity index (χ3v) is 3.17. The van der Waals surface area contributed by atoms with Crippen LogP contribution in [-0.4, -0.2) is 39.3 Å². The Balaban J connectivity index is 1.66. The quantitative estimate of drug-likeness (QED) is 0.470. The van der Waals surface area contributed by atoms with Gasteiger partial charge in [-0.1, -0.05) is 11.8 Å². The van der Waals surface area contributed by atoms with Crippen LogP contribution in [0.5, 0.6) is 5.88 Å². The zero-order chi connectivity index (χ0) is 13.3. The average Bonchev–Trinajstić information content (AvgIpc) is 2.48. The minimum Gasteiger partial charge on any atom is -0.481 e. The molecule has 0 atom stereocenters. The van der Waals surface area contributed by atoms with E-state index in [4.69, 9.17) is 4.74 Å². The molecule has 7 heteroatoms. The number of nitrogens with zero attached hydrogens (tertiary/aromatic N) is 4. The van der Waals surface area contributed by atoms with E-state index in [1.165, 1.54) is 0 Å². The van der Waals surface area contributed by atoms with Gasteiger partial charge in [0.2, 0.25) is 11.8 Å². The second-order valence-corrected chi connectivity index (χ2v) is 4.64. The predicted molar refractivity (Wildman–Crippen MR) is 74.4 cm³/mol. The lowest BCUT2D eigenvalue weighted by atomic mass is 10.5. The molecule has 0 saturated carbocycles. The Labute approximate surface area is 116 Å². The lowest BCUT2D eigenvalue weighted by Gasteiger charge is -2.04. The van der Waals surface area contributed by atoms with E-state index < -0.39 is 0 Å². The first kappa shape index (κ1) is 13.5. The topological polar surface area (TPSA) is 72.8 Å². The number of ether oxygens (including phenoxy) is 1. The Hall–Kier alpha value is -1.89. The van der Waals surface area contributed by atoms with Gasteiger partial charge in [0, 0.05) is 37.0 Å². The maximum Gasteiger partial charge on any atom is 0.222 e. The lowest BCUT2D eigenvalue weighted by molar-refractivity contribution is 0.392. The summed E-state index contributed by atoms with van der Waals surface area (Å²) in [6.45, 7) is 0.820. The Kier molecular flexibility index (Phi) is 5.36. The molecule has 0 fully saturated rings. The van der Waals surface area contributed by atoms with Crippen molar-refractivity contribution in [1.29, 1.82) is 0 Å². The first-order chi connectivity index (χ1) is 9.38. The van der Waals surface area contributed by atoms with Crippen LogP contribution in [0, 0.1) is 0 Å². The first-order valence-corrected chi connectivity index (χ1v) is 6.88. The standard InChI is InChI=1S/C12H15N5OS/c1-18-10-4-8-16-12(17-10)19-9-3-7-15-11-13-5-2-6-14-11/h2,4-6,8H,3,7,9H2,1H3,(H,13,14,15). The van der Waals surface area contributed by atoms with Gasteiger partial charge >= 0.3 is 0 Å². The highest BCUT2D eigenvalue weighted by Gasteiger charge is 2.00. The number of nitrogens with one attached hydrogen (secondary N) is 1. The van der Waals surface area contributed by atoms with Crippen LogP contribution in [0.2, 0.25) is 0 Å². The smallest absolute Gasteiger partial charge is 0.222 e. The largest absolute Gasteiger partial charge is 0.481 e. The van der Waals surface area contributed by atoms with Crippen LogP contribution in [0.3, 0.4) is 0 Å². The third kappa shape index (κ3) is 4.70.